The monoisotopic (exact) mass is 299 g/mol. The molecule has 0 bridgehead atoms. The van der Waals surface area contributed by atoms with Crippen molar-refractivity contribution in [1.82, 2.24) is 4.90 Å². The zero-order chi connectivity index (χ0) is 15.0. The summed E-state index contributed by atoms with van der Waals surface area (Å²) in [6.07, 6.45) is 3.11. The fraction of sp³-hybridized carbons (Fsp3) is 0.500. The minimum atomic E-state index is -2.83. The molecule has 1 unspecified atom stereocenters. The summed E-state index contributed by atoms with van der Waals surface area (Å²) in [6, 6.07) is 9.55. The quantitative estimate of drug-likeness (QED) is 0.787. The summed E-state index contributed by atoms with van der Waals surface area (Å²) in [4.78, 5) is 11.7. The minimum Gasteiger partial charge on any atom is -0.463 e. The van der Waals surface area contributed by atoms with Crippen molar-refractivity contribution in [3.63, 3.8) is 0 Å². The van der Waals surface area contributed by atoms with Crippen LogP contribution >= 0.6 is 0 Å². The van der Waals surface area contributed by atoms with E-state index in [0.29, 0.717) is 13.1 Å². The molecule has 20 heavy (non-hydrogen) atoms. The highest BCUT2D eigenvalue weighted by Gasteiger charge is 2.29. The average molecular weight is 299 g/mol. The van der Waals surface area contributed by atoms with Crippen LogP contribution < -0.4 is 0 Å². The standard InChI is InChI=1S/C8H8O2.C6H13NO2S/c9-7-10-6-8-4-2-1-3-5-8;1-7-5-3-4-6(7)10(2,8)9/h1-5,7H,6H2;6H,3-5H2,1-2H3. The van der Waals surface area contributed by atoms with Crippen molar-refractivity contribution < 1.29 is 17.9 Å². The number of nitrogens with zero attached hydrogens (tertiary/aromatic N) is 1. The van der Waals surface area contributed by atoms with Crippen LogP contribution in [-0.2, 0) is 26.0 Å². The Morgan fingerprint density at radius 3 is 2.40 bits per heavy atom. The first-order chi connectivity index (χ1) is 9.45. The van der Waals surface area contributed by atoms with Gasteiger partial charge in [-0.05, 0) is 32.0 Å². The molecule has 2 rings (SSSR count). The molecule has 1 aliphatic heterocycles. The number of rotatable bonds is 4. The van der Waals surface area contributed by atoms with E-state index in [2.05, 4.69) is 4.74 Å². The molecule has 112 valence electrons. The summed E-state index contributed by atoms with van der Waals surface area (Å²) in [5, 5.41) is -0.215. The summed E-state index contributed by atoms with van der Waals surface area (Å²) < 4.78 is 26.5. The van der Waals surface area contributed by atoms with Crippen molar-refractivity contribution in [3.05, 3.63) is 35.9 Å². The normalized spacial score (nSPS) is 19.0. The first-order valence-electron chi connectivity index (χ1n) is 6.43. The van der Waals surface area contributed by atoms with Crippen LogP contribution in [-0.4, -0.2) is 45.0 Å². The molecule has 1 atom stereocenters. The predicted octanol–water partition coefficient (Wildman–Crippen LogP) is 1.44. The SMILES string of the molecule is CN1CCCC1S(C)(=O)=O.O=COCc1ccccc1. The van der Waals surface area contributed by atoms with E-state index >= 15 is 0 Å². The smallest absolute Gasteiger partial charge is 0.293 e. The zero-order valence-electron chi connectivity index (χ0n) is 11.9. The van der Waals surface area contributed by atoms with E-state index in [1.807, 2.05) is 42.3 Å². The van der Waals surface area contributed by atoms with E-state index in [1.165, 1.54) is 6.26 Å². The van der Waals surface area contributed by atoms with Gasteiger partial charge in [0, 0.05) is 6.26 Å². The molecule has 0 aromatic heterocycles. The van der Waals surface area contributed by atoms with E-state index in [9.17, 15) is 13.2 Å². The largest absolute Gasteiger partial charge is 0.463 e. The molecule has 1 heterocycles. The number of carbonyl (C=O) groups is 1. The topological polar surface area (TPSA) is 63.7 Å². The summed E-state index contributed by atoms with van der Waals surface area (Å²) in [6.45, 7) is 1.73. The van der Waals surface area contributed by atoms with E-state index in [4.69, 9.17) is 0 Å². The van der Waals surface area contributed by atoms with E-state index in [0.717, 1.165) is 24.9 Å². The third-order valence-electron chi connectivity index (χ3n) is 3.11. The number of carbonyl (C=O) groups excluding carboxylic acids is 1. The van der Waals surface area contributed by atoms with Crippen molar-refractivity contribution in [2.45, 2.75) is 24.8 Å². The summed E-state index contributed by atoms with van der Waals surface area (Å²) >= 11 is 0. The van der Waals surface area contributed by atoms with E-state index in [1.54, 1.807) is 0 Å². The fourth-order valence-corrected chi connectivity index (χ4v) is 3.48. The lowest BCUT2D eigenvalue weighted by Crippen LogP contribution is -2.31. The molecule has 1 aliphatic rings. The molecule has 6 heteroatoms. The molecular weight excluding hydrogens is 278 g/mol. The van der Waals surface area contributed by atoms with Gasteiger partial charge >= 0.3 is 0 Å². The molecule has 5 nitrogen and oxygen atoms in total. The zero-order valence-corrected chi connectivity index (χ0v) is 12.7. The Balaban J connectivity index is 0.000000200. The second-order valence-electron chi connectivity index (χ2n) is 4.80. The van der Waals surface area contributed by atoms with Gasteiger partial charge in [-0.25, -0.2) is 8.42 Å². The average Bonchev–Trinajstić information content (AvgIpc) is 2.85. The molecule has 1 saturated heterocycles. The number of sulfone groups is 1. The van der Waals surface area contributed by atoms with E-state index in [-0.39, 0.29) is 5.37 Å². The lowest BCUT2D eigenvalue weighted by molar-refractivity contribution is -0.129. The first kappa shape index (κ1) is 16.7. The van der Waals surface area contributed by atoms with Crippen LogP contribution in [0.2, 0.25) is 0 Å². The van der Waals surface area contributed by atoms with Gasteiger partial charge < -0.3 is 4.74 Å². The van der Waals surface area contributed by atoms with Crippen LogP contribution in [0.4, 0.5) is 0 Å². The molecule has 0 radical (unpaired) electrons. The highest BCUT2D eigenvalue weighted by atomic mass is 32.2. The molecule has 0 aliphatic carbocycles. The molecule has 0 amide bonds. The van der Waals surface area contributed by atoms with Crippen molar-refractivity contribution >= 4 is 16.3 Å². The molecule has 0 spiro atoms. The number of ether oxygens (including phenoxy) is 1. The van der Waals surface area contributed by atoms with Crippen LogP contribution in [0.15, 0.2) is 30.3 Å². The van der Waals surface area contributed by atoms with Crippen LogP contribution in [0, 0.1) is 0 Å². The van der Waals surface area contributed by atoms with Crippen LogP contribution in [0.3, 0.4) is 0 Å². The van der Waals surface area contributed by atoms with Crippen LogP contribution in [0.1, 0.15) is 18.4 Å². The molecule has 0 saturated carbocycles. The second-order valence-corrected chi connectivity index (χ2v) is 7.00. The molecule has 1 aromatic rings. The summed E-state index contributed by atoms with van der Waals surface area (Å²) in [5.41, 5.74) is 1.01. The Bertz CT molecular complexity index is 501. The van der Waals surface area contributed by atoms with Crippen molar-refractivity contribution in [1.29, 1.82) is 0 Å². The molecular formula is C14H21NO4S. The lowest BCUT2D eigenvalue weighted by atomic mass is 10.2. The van der Waals surface area contributed by atoms with Gasteiger partial charge in [0.25, 0.3) is 6.47 Å². The Hall–Kier alpha value is -1.40. The Kier molecular flexibility index (Phi) is 6.67. The number of benzene rings is 1. The second kappa shape index (κ2) is 8.01. The van der Waals surface area contributed by atoms with Crippen LogP contribution in [0.25, 0.3) is 0 Å². The third kappa shape index (κ3) is 5.71. The maximum atomic E-state index is 11.0. The number of hydrogen-bond donors (Lipinski definition) is 0. The van der Waals surface area contributed by atoms with Gasteiger partial charge in [-0.1, -0.05) is 30.3 Å². The summed E-state index contributed by atoms with van der Waals surface area (Å²) in [5.74, 6) is 0. The number of likely N-dealkylation sites (tertiary alicyclic amines) is 1. The Labute approximate surface area is 120 Å². The lowest BCUT2D eigenvalue weighted by Gasteiger charge is -2.16. The van der Waals surface area contributed by atoms with Gasteiger partial charge in [0.15, 0.2) is 9.84 Å². The maximum absolute atomic E-state index is 11.0. The minimum absolute atomic E-state index is 0.215. The van der Waals surface area contributed by atoms with Gasteiger partial charge in [-0.15, -0.1) is 0 Å². The molecule has 1 aromatic carbocycles. The van der Waals surface area contributed by atoms with Crippen molar-refractivity contribution in [3.8, 4) is 0 Å². The Morgan fingerprint density at radius 2 is 2.00 bits per heavy atom. The number of hydrogen-bond acceptors (Lipinski definition) is 5. The highest BCUT2D eigenvalue weighted by Crippen LogP contribution is 2.18. The van der Waals surface area contributed by atoms with Gasteiger partial charge in [-0.2, -0.15) is 0 Å². The third-order valence-corrected chi connectivity index (χ3v) is 4.69. The van der Waals surface area contributed by atoms with Gasteiger partial charge in [0.05, 0.1) is 0 Å². The van der Waals surface area contributed by atoms with E-state index < -0.39 is 9.84 Å². The highest BCUT2D eigenvalue weighted by molar-refractivity contribution is 7.91. The Morgan fingerprint density at radius 1 is 1.35 bits per heavy atom. The predicted molar refractivity (Wildman–Crippen MR) is 77.8 cm³/mol. The maximum Gasteiger partial charge on any atom is 0.293 e. The van der Waals surface area contributed by atoms with Crippen molar-refractivity contribution in [2.24, 2.45) is 0 Å². The molecule has 0 N–H and O–H groups in total. The van der Waals surface area contributed by atoms with Crippen LogP contribution in [0.5, 0.6) is 0 Å². The first-order valence-corrected chi connectivity index (χ1v) is 8.39. The fourth-order valence-electron chi connectivity index (χ4n) is 2.13. The van der Waals surface area contributed by atoms with Gasteiger partial charge in [0.1, 0.15) is 12.0 Å². The summed E-state index contributed by atoms with van der Waals surface area (Å²) in [7, 11) is -0.966. The van der Waals surface area contributed by atoms with Gasteiger partial charge in [-0.3, -0.25) is 9.69 Å². The van der Waals surface area contributed by atoms with Crippen molar-refractivity contribution in [2.75, 3.05) is 19.8 Å². The molecule has 1 fully saturated rings. The van der Waals surface area contributed by atoms with Gasteiger partial charge in [0.2, 0.25) is 0 Å².